The third-order valence-electron chi connectivity index (χ3n) is 2.99. The second-order valence-electron chi connectivity index (χ2n) is 4.80. The molecule has 23 heavy (non-hydrogen) atoms. The number of carbonyl (C=O) groups is 2. The smallest absolute Gasteiger partial charge is 0.312 e. The topological polar surface area (TPSA) is 61.8 Å². The van der Waals surface area contributed by atoms with Gasteiger partial charge in [0.05, 0.1) is 12.8 Å². The minimum atomic E-state index is -0.396. The van der Waals surface area contributed by atoms with Crippen LogP contribution in [0.1, 0.15) is 11.1 Å². The van der Waals surface area contributed by atoms with Gasteiger partial charge in [-0.2, -0.15) is 0 Å². The molecule has 2 aromatic rings. The summed E-state index contributed by atoms with van der Waals surface area (Å²) in [5.41, 5.74) is 1.73. The number of carbonyl (C=O) groups excluding carboxylic acids is 2. The van der Waals surface area contributed by atoms with Crippen molar-refractivity contribution in [3.63, 3.8) is 0 Å². The Morgan fingerprint density at radius 1 is 0.652 bits per heavy atom. The summed E-state index contributed by atoms with van der Waals surface area (Å²) in [5, 5.41) is 0. The summed E-state index contributed by atoms with van der Waals surface area (Å²) >= 11 is 0. The van der Waals surface area contributed by atoms with E-state index in [-0.39, 0.29) is 26.4 Å². The Morgan fingerprint density at radius 2 is 1.04 bits per heavy atom. The number of rotatable bonds is 8. The predicted octanol–water partition coefficient (Wildman–Crippen LogP) is 2.49. The fourth-order valence-corrected chi connectivity index (χ4v) is 1.88. The van der Waals surface area contributed by atoms with Gasteiger partial charge in [-0.05, 0) is 11.1 Å². The van der Waals surface area contributed by atoms with Crippen LogP contribution >= 0.6 is 0 Å². The molecule has 0 aliphatic heterocycles. The van der Waals surface area contributed by atoms with Crippen LogP contribution in [0.3, 0.4) is 0 Å². The minimum absolute atomic E-state index is 0.179. The summed E-state index contributed by atoms with van der Waals surface area (Å²) in [6, 6.07) is 18.5. The third kappa shape index (κ3) is 6.76. The van der Waals surface area contributed by atoms with Crippen molar-refractivity contribution in [3.8, 4) is 0 Å². The molecule has 0 aromatic heterocycles. The lowest BCUT2D eigenvalue weighted by Gasteiger charge is -2.07. The van der Waals surface area contributed by atoms with Crippen molar-refractivity contribution in [2.45, 2.75) is 12.8 Å². The Kier molecular flexibility index (Phi) is 6.81. The summed E-state index contributed by atoms with van der Waals surface area (Å²) in [6.45, 7) is -0.492. The molecule has 2 rings (SSSR count). The lowest BCUT2D eigenvalue weighted by atomic mass is 10.2. The molecule has 0 saturated heterocycles. The van der Waals surface area contributed by atoms with Gasteiger partial charge in [-0.3, -0.25) is 9.59 Å². The monoisotopic (exact) mass is 314 g/mol. The highest BCUT2D eigenvalue weighted by Gasteiger charge is 2.06. The molecular weight excluding hydrogens is 296 g/mol. The molecule has 5 nitrogen and oxygen atoms in total. The predicted molar refractivity (Wildman–Crippen MR) is 83.3 cm³/mol. The van der Waals surface area contributed by atoms with E-state index in [1.54, 1.807) is 0 Å². The van der Waals surface area contributed by atoms with Gasteiger partial charge in [0.15, 0.2) is 13.6 Å². The zero-order chi connectivity index (χ0) is 16.3. The molecule has 0 atom stereocenters. The van der Waals surface area contributed by atoms with Crippen molar-refractivity contribution in [2.75, 3.05) is 13.6 Å². The first-order valence-electron chi connectivity index (χ1n) is 7.21. The van der Waals surface area contributed by atoms with E-state index in [9.17, 15) is 9.59 Å². The van der Waals surface area contributed by atoms with E-state index in [4.69, 9.17) is 14.2 Å². The van der Waals surface area contributed by atoms with Gasteiger partial charge in [-0.1, -0.05) is 60.7 Å². The zero-order valence-electron chi connectivity index (χ0n) is 12.6. The maximum absolute atomic E-state index is 11.5. The molecule has 0 saturated carbocycles. The molecule has 0 heterocycles. The Hall–Kier alpha value is -2.66. The van der Waals surface area contributed by atoms with Crippen LogP contribution in [0.5, 0.6) is 0 Å². The van der Waals surface area contributed by atoms with E-state index in [0.29, 0.717) is 0 Å². The summed E-state index contributed by atoms with van der Waals surface area (Å²) in [5.74, 6) is -0.793. The number of benzene rings is 2. The molecule has 0 spiro atoms. The standard InChI is InChI=1S/C18H18O5/c19-17(11-15-7-3-1-4-8-15)22-13-21-14-23-18(20)12-16-9-5-2-6-10-16/h1-10H,11-14H2. The quantitative estimate of drug-likeness (QED) is 0.425. The molecule has 120 valence electrons. The molecule has 5 heteroatoms. The second-order valence-corrected chi connectivity index (χ2v) is 4.80. The van der Waals surface area contributed by atoms with Crippen molar-refractivity contribution >= 4 is 11.9 Å². The van der Waals surface area contributed by atoms with Gasteiger partial charge in [0, 0.05) is 0 Å². The van der Waals surface area contributed by atoms with Gasteiger partial charge in [0.1, 0.15) is 0 Å². The fraction of sp³-hybridized carbons (Fsp3) is 0.222. The van der Waals surface area contributed by atoms with E-state index >= 15 is 0 Å². The van der Waals surface area contributed by atoms with Crippen LogP contribution in [-0.2, 0) is 36.6 Å². The van der Waals surface area contributed by atoms with E-state index < -0.39 is 11.9 Å². The molecule has 0 amide bonds. The molecule has 0 aliphatic carbocycles. The van der Waals surface area contributed by atoms with Gasteiger partial charge in [-0.15, -0.1) is 0 Å². The van der Waals surface area contributed by atoms with E-state index in [1.165, 1.54) is 0 Å². The lowest BCUT2D eigenvalue weighted by molar-refractivity contribution is -0.175. The van der Waals surface area contributed by atoms with Gasteiger partial charge in [0.2, 0.25) is 0 Å². The highest BCUT2D eigenvalue weighted by molar-refractivity contribution is 5.72. The molecule has 0 N–H and O–H groups in total. The second kappa shape index (κ2) is 9.38. The Labute approximate surface area is 134 Å². The van der Waals surface area contributed by atoms with Crippen molar-refractivity contribution < 1.29 is 23.8 Å². The van der Waals surface area contributed by atoms with Crippen LogP contribution in [0.25, 0.3) is 0 Å². The van der Waals surface area contributed by atoms with Gasteiger partial charge in [-0.25, -0.2) is 0 Å². The highest BCUT2D eigenvalue weighted by atomic mass is 16.8. The average molecular weight is 314 g/mol. The molecule has 0 fully saturated rings. The molecule has 0 unspecified atom stereocenters. The van der Waals surface area contributed by atoms with Crippen LogP contribution in [0.4, 0.5) is 0 Å². The van der Waals surface area contributed by atoms with Crippen LogP contribution in [0.2, 0.25) is 0 Å². The first kappa shape index (κ1) is 16.7. The first-order chi connectivity index (χ1) is 11.2. The van der Waals surface area contributed by atoms with E-state index in [2.05, 4.69) is 0 Å². The largest absolute Gasteiger partial charge is 0.438 e. The molecule has 0 aliphatic rings. The summed E-state index contributed by atoms with van der Waals surface area (Å²) < 4.78 is 14.8. The first-order valence-corrected chi connectivity index (χ1v) is 7.21. The summed E-state index contributed by atoms with van der Waals surface area (Å²) in [7, 11) is 0. The number of hydrogen-bond acceptors (Lipinski definition) is 5. The van der Waals surface area contributed by atoms with Crippen LogP contribution < -0.4 is 0 Å². The number of ether oxygens (including phenoxy) is 3. The molecule has 2 aromatic carbocycles. The van der Waals surface area contributed by atoms with E-state index in [0.717, 1.165) is 11.1 Å². The number of hydrogen-bond donors (Lipinski definition) is 0. The summed E-state index contributed by atoms with van der Waals surface area (Å²) in [6.07, 6.45) is 0.357. The van der Waals surface area contributed by atoms with E-state index in [1.807, 2.05) is 60.7 Å². The van der Waals surface area contributed by atoms with Crippen LogP contribution in [-0.4, -0.2) is 25.5 Å². The molecule has 0 bridgehead atoms. The SMILES string of the molecule is O=C(Cc1ccccc1)OCOCOC(=O)Cc1ccccc1. The van der Waals surface area contributed by atoms with Gasteiger partial charge >= 0.3 is 11.9 Å². The average Bonchev–Trinajstić information content (AvgIpc) is 2.56. The van der Waals surface area contributed by atoms with Gasteiger partial charge < -0.3 is 14.2 Å². The third-order valence-corrected chi connectivity index (χ3v) is 2.99. The zero-order valence-corrected chi connectivity index (χ0v) is 12.6. The maximum atomic E-state index is 11.5. The van der Waals surface area contributed by atoms with Crippen molar-refractivity contribution in [3.05, 3.63) is 71.8 Å². The number of esters is 2. The van der Waals surface area contributed by atoms with Gasteiger partial charge in [0.25, 0.3) is 0 Å². The normalized spacial score (nSPS) is 10.1. The Bertz CT molecular complexity index is 554. The summed E-state index contributed by atoms with van der Waals surface area (Å²) in [4.78, 5) is 23.1. The Morgan fingerprint density at radius 3 is 1.43 bits per heavy atom. The van der Waals surface area contributed by atoms with Crippen molar-refractivity contribution in [1.82, 2.24) is 0 Å². The van der Waals surface area contributed by atoms with Crippen molar-refractivity contribution in [1.29, 1.82) is 0 Å². The van der Waals surface area contributed by atoms with Crippen molar-refractivity contribution in [2.24, 2.45) is 0 Å². The highest BCUT2D eigenvalue weighted by Crippen LogP contribution is 2.02. The maximum Gasteiger partial charge on any atom is 0.312 e. The van der Waals surface area contributed by atoms with Crippen LogP contribution in [0.15, 0.2) is 60.7 Å². The Balaban J connectivity index is 1.55. The minimum Gasteiger partial charge on any atom is -0.438 e. The van der Waals surface area contributed by atoms with Crippen LogP contribution in [0, 0.1) is 0 Å². The molecule has 0 radical (unpaired) electrons. The molecular formula is C18H18O5. The lowest BCUT2D eigenvalue weighted by Crippen LogP contribution is -2.15. The fourth-order valence-electron chi connectivity index (χ4n) is 1.88.